The molecule has 62 heavy (non-hydrogen) atoms. The lowest BCUT2D eigenvalue weighted by molar-refractivity contribution is -0.146. The Morgan fingerprint density at radius 3 is 0.581 bits per heavy atom. The Morgan fingerprint density at radius 2 is 0.387 bits per heavy atom. The number of esters is 2. The summed E-state index contributed by atoms with van der Waals surface area (Å²) in [7, 11) is 0. The quantitative estimate of drug-likeness (QED) is 0.0423. The molecule has 0 aromatic rings. The Balaban J connectivity index is 3.15. The number of rotatable bonds is 55. The second-order valence-electron chi connectivity index (χ2n) is 15.4. The van der Waals surface area contributed by atoms with Gasteiger partial charge in [0.15, 0.2) is 0 Å². The van der Waals surface area contributed by atoms with E-state index >= 15 is 0 Å². The van der Waals surface area contributed by atoms with Crippen LogP contribution in [-0.2, 0) is 66.4 Å². The highest BCUT2D eigenvalue weighted by Crippen LogP contribution is 2.14. The standard InChI is InChI=1S/C48H94O14/c1-3-5-7-9-10-11-12-13-14-15-16-17-18-20-22-24-48(50)62-46-44-60-42-40-58-38-36-56-34-32-54-30-28-52-26-25-51-27-29-53-31-33-55-35-37-57-39-41-59-43-45-61-47(49)23-21-19-8-6-4-2/h3-46H2,1-2H3. The van der Waals surface area contributed by atoms with Crippen molar-refractivity contribution < 1.29 is 66.4 Å². The van der Waals surface area contributed by atoms with E-state index in [4.69, 9.17) is 56.8 Å². The van der Waals surface area contributed by atoms with Gasteiger partial charge in [-0.3, -0.25) is 9.59 Å². The van der Waals surface area contributed by atoms with Crippen molar-refractivity contribution in [3.63, 3.8) is 0 Å². The van der Waals surface area contributed by atoms with Gasteiger partial charge in [0.2, 0.25) is 0 Å². The molecule has 0 atom stereocenters. The molecule has 0 unspecified atom stereocenters. The van der Waals surface area contributed by atoms with E-state index in [1.54, 1.807) is 0 Å². The van der Waals surface area contributed by atoms with Crippen molar-refractivity contribution in [3.8, 4) is 0 Å². The van der Waals surface area contributed by atoms with E-state index in [1.807, 2.05) is 0 Å². The molecule has 0 saturated heterocycles. The predicted octanol–water partition coefficient (Wildman–Crippen LogP) is 8.86. The van der Waals surface area contributed by atoms with Crippen molar-refractivity contribution in [3.05, 3.63) is 0 Å². The van der Waals surface area contributed by atoms with Gasteiger partial charge in [0.25, 0.3) is 0 Å². The molecule has 14 nitrogen and oxygen atoms in total. The van der Waals surface area contributed by atoms with Gasteiger partial charge in [-0.25, -0.2) is 0 Å². The third-order valence-corrected chi connectivity index (χ3v) is 9.80. The molecule has 0 aliphatic rings. The number of hydrogen-bond donors (Lipinski definition) is 0. The highest BCUT2D eigenvalue weighted by molar-refractivity contribution is 5.69. The molecule has 0 aliphatic carbocycles. The van der Waals surface area contributed by atoms with Crippen molar-refractivity contribution >= 4 is 11.9 Å². The first-order valence-corrected chi connectivity index (χ1v) is 24.8. The third-order valence-electron chi connectivity index (χ3n) is 9.80. The lowest BCUT2D eigenvalue weighted by Crippen LogP contribution is -2.16. The van der Waals surface area contributed by atoms with Crippen LogP contribution < -0.4 is 0 Å². The van der Waals surface area contributed by atoms with Crippen LogP contribution in [0.5, 0.6) is 0 Å². The molecule has 0 fully saturated rings. The molecule has 0 aliphatic heterocycles. The van der Waals surface area contributed by atoms with Crippen LogP contribution in [0.25, 0.3) is 0 Å². The monoisotopic (exact) mass is 895 g/mol. The fraction of sp³-hybridized carbons (Fsp3) is 0.958. The summed E-state index contributed by atoms with van der Waals surface area (Å²) in [5, 5.41) is 0. The minimum atomic E-state index is -0.149. The first-order valence-electron chi connectivity index (χ1n) is 24.8. The molecule has 0 amide bonds. The van der Waals surface area contributed by atoms with E-state index in [0.29, 0.717) is 145 Å². The van der Waals surface area contributed by atoms with Gasteiger partial charge in [0.1, 0.15) is 13.2 Å². The van der Waals surface area contributed by atoms with Crippen LogP contribution in [0.3, 0.4) is 0 Å². The van der Waals surface area contributed by atoms with Crippen LogP contribution in [0.4, 0.5) is 0 Å². The first-order chi connectivity index (χ1) is 30.7. The van der Waals surface area contributed by atoms with Gasteiger partial charge in [0.05, 0.1) is 132 Å². The van der Waals surface area contributed by atoms with Crippen LogP contribution in [0.1, 0.15) is 155 Å². The molecule has 14 heteroatoms. The highest BCUT2D eigenvalue weighted by Gasteiger charge is 2.04. The Bertz CT molecular complexity index is 868. The Hall–Kier alpha value is -1.46. The van der Waals surface area contributed by atoms with Gasteiger partial charge in [-0.15, -0.1) is 0 Å². The van der Waals surface area contributed by atoms with Crippen molar-refractivity contribution in [1.82, 2.24) is 0 Å². The smallest absolute Gasteiger partial charge is 0.305 e. The molecule has 0 spiro atoms. The SMILES string of the molecule is CCCCCCCCCCCCCCCCCC(=O)OCCOCCOCCOCCOCCOCCOCCOCCOCCOCCOCCOC(=O)CCCCCCC. The van der Waals surface area contributed by atoms with E-state index < -0.39 is 0 Å². The van der Waals surface area contributed by atoms with Crippen LogP contribution >= 0.6 is 0 Å². The summed E-state index contributed by atoms with van der Waals surface area (Å²) in [4.78, 5) is 23.6. The van der Waals surface area contributed by atoms with Gasteiger partial charge >= 0.3 is 11.9 Å². The highest BCUT2D eigenvalue weighted by atomic mass is 16.6. The minimum absolute atomic E-state index is 0.133. The van der Waals surface area contributed by atoms with E-state index in [9.17, 15) is 9.59 Å². The van der Waals surface area contributed by atoms with Gasteiger partial charge in [-0.05, 0) is 12.8 Å². The number of hydrogen-bond acceptors (Lipinski definition) is 14. The molecular weight excluding hydrogens is 801 g/mol. The molecule has 0 rings (SSSR count). The minimum Gasteiger partial charge on any atom is -0.463 e. The molecule has 370 valence electrons. The van der Waals surface area contributed by atoms with E-state index in [0.717, 1.165) is 25.7 Å². The topological polar surface area (TPSA) is 145 Å². The zero-order valence-electron chi connectivity index (χ0n) is 39.8. The number of carbonyl (C=O) groups is 2. The maximum atomic E-state index is 11.9. The molecule has 0 aromatic carbocycles. The third kappa shape index (κ3) is 54.7. The normalized spacial score (nSPS) is 11.5. The van der Waals surface area contributed by atoms with Crippen molar-refractivity contribution in [1.29, 1.82) is 0 Å². The molecule has 0 heterocycles. The average Bonchev–Trinajstić information content (AvgIpc) is 3.27. The zero-order valence-corrected chi connectivity index (χ0v) is 39.8. The fourth-order valence-electron chi connectivity index (χ4n) is 6.17. The van der Waals surface area contributed by atoms with Gasteiger partial charge in [0, 0.05) is 12.8 Å². The summed E-state index contributed by atoms with van der Waals surface area (Å²) >= 11 is 0. The van der Waals surface area contributed by atoms with Crippen molar-refractivity contribution in [2.45, 2.75) is 155 Å². The van der Waals surface area contributed by atoms with Crippen LogP contribution in [-0.4, -0.2) is 157 Å². The maximum absolute atomic E-state index is 11.9. The summed E-state index contributed by atoms with van der Waals surface area (Å²) in [5.41, 5.74) is 0. The largest absolute Gasteiger partial charge is 0.463 e. The molecule has 0 N–H and O–H groups in total. The summed E-state index contributed by atoms with van der Waals surface area (Å²) < 4.78 is 65.4. The van der Waals surface area contributed by atoms with E-state index in [1.165, 1.54) is 103 Å². The first kappa shape index (κ1) is 60.5. The predicted molar refractivity (Wildman–Crippen MR) is 243 cm³/mol. The van der Waals surface area contributed by atoms with Crippen molar-refractivity contribution in [2.75, 3.05) is 145 Å². The molecule has 0 bridgehead atoms. The van der Waals surface area contributed by atoms with Gasteiger partial charge < -0.3 is 56.8 Å². The van der Waals surface area contributed by atoms with E-state index in [-0.39, 0.29) is 25.2 Å². The Morgan fingerprint density at radius 1 is 0.226 bits per heavy atom. The van der Waals surface area contributed by atoms with Gasteiger partial charge in [-0.2, -0.15) is 0 Å². The van der Waals surface area contributed by atoms with Gasteiger partial charge in [-0.1, -0.05) is 129 Å². The lowest BCUT2D eigenvalue weighted by atomic mass is 10.0. The van der Waals surface area contributed by atoms with E-state index in [2.05, 4.69) is 13.8 Å². The second kappa shape index (κ2) is 55.7. The summed E-state index contributed by atoms with van der Waals surface area (Å²) in [6.45, 7) is 14.5. The number of carbonyl (C=O) groups excluding carboxylic acids is 2. The molecule has 0 radical (unpaired) electrons. The lowest BCUT2D eigenvalue weighted by Gasteiger charge is -2.09. The molecule has 0 aromatic heterocycles. The zero-order chi connectivity index (χ0) is 44.8. The fourth-order valence-corrected chi connectivity index (χ4v) is 6.17. The Kier molecular flexibility index (Phi) is 54.4. The Labute approximate surface area is 378 Å². The number of ether oxygens (including phenoxy) is 12. The maximum Gasteiger partial charge on any atom is 0.305 e. The molecule has 0 saturated carbocycles. The van der Waals surface area contributed by atoms with Crippen LogP contribution in [0, 0.1) is 0 Å². The summed E-state index contributed by atoms with van der Waals surface area (Å²) in [6, 6.07) is 0. The van der Waals surface area contributed by atoms with Crippen LogP contribution in [0.15, 0.2) is 0 Å². The summed E-state index contributed by atoms with van der Waals surface area (Å²) in [5.74, 6) is -0.282. The molecular formula is C48H94O14. The number of unbranched alkanes of at least 4 members (excludes halogenated alkanes) is 18. The summed E-state index contributed by atoms with van der Waals surface area (Å²) in [6.07, 6.45) is 26.2. The second-order valence-corrected chi connectivity index (χ2v) is 15.4. The van der Waals surface area contributed by atoms with Crippen molar-refractivity contribution in [2.24, 2.45) is 0 Å². The van der Waals surface area contributed by atoms with Crippen LogP contribution in [0.2, 0.25) is 0 Å². The average molecular weight is 895 g/mol.